The van der Waals surface area contributed by atoms with Crippen LogP contribution in [0.2, 0.25) is 5.02 Å². The fourth-order valence-electron chi connectivity index (χ4n) is 1.85. The minimum Gasteiger partial charge on any atom is -0.484 e. The van der Waals surface area contributed by atoms with Crippen molar-refractivity contribution in [2.24, 2.45) is 5.92 Å². The average Bonchev–Trinajstić information content (AvgIpc) is 2.90. The standard InChI is InChI=1S/C15H18ClN3O3/c1-9(2)14(15-17-10(3)19-22-15)18-13(20)8-21-12-6-4-11(16)5-7-12/h4-7,9,14H,8H2,1-3H3,(H,18,20). The first-order valence-electron chi connectivity index (χ1n) is 6.93. The molecule has 2 rings (SSSR count). The van der Waals surface area contributed by atoms with Gasteiger partial charge in [0.15, 0.2) is 12.4 Å². The van der Waals surface area contributed by atoms with Crippen LogP contribution < -0.4 is 10.1 Å². The maximum Gasteiger partial charge on any atom is 0.258 e. The topological polar surface area (TPSA) is 77.2 Å². The quantitative estimate of drug-likeness (QED) is 0.884. The maximum atomic E-state index is 12.0. The van der Waals surface area contributed by atoms with Gasteiger partial charge in [-0.05, 0) is 37.1 Å². The van der Waals surface area contributed by atoms with E-state index in [1.807, 2.05) is 13.8 Å². The number of amides is 1. The van der Waals surface area contributed by atoms with Gasteiger partial charge in [-0.3, -0.25) is 4.79 Å². The van der Waals surface area contributed by atoms with E-state index >= 15 is 0 Å². The number of carbonyl (C=O) groups is 1. The predicted molar refractivity (Wildman–Crippen MR) is 81.7 cm³/mol. The number of nitrogens with zero attached hydrogens (tertiary/aromatic N) is 2. The van der Waals surface area contributed by atoms with Crippen molar-refractivity contribution in [2.75, 3.05) is 6.61 Å². The highest BCUT2D eigenvalue weighted by molar-refractivity contribution is 6.30. The number of aromatic nitrogens is 2. The van der Waals surface area contributed by atoms with Gasteiger partial charge in [0.1, 0.15) is 11.8 Å². The molecule has 0 saturated heterocycles. The number of hydrogen-bond donors (Lipinski definition) is 1. The van der Waals surface area contributed by atoms with E-state index in [2.05, 4.69) is 15.5 Å². The Balaban J connectivity index is 1.92. The summed E-state index contributed by atoms with van der Waals surface area (Å²) in [5.74, 6) is 1.36. The normalized spacial score (nSPS) is 12.2. The fraction of sp³-hybridized carbons (Fsp3) is 0.400. The Hall–Kier alpha value is -2.08. The van der Waals surface area contributed by atoms with Gasteiger partial charge in [-0.15, -0.1) is 0 Å². The molecule has 118 valence electrons. The van der Waals surface area contributed by atoms with Gasteiger partial charge in [0, 0.05) is 5.02 Å². The summed E-state index contributed by atoms with van der Waals surface area (Å²) in [6.07, 6.45) is 0. The van der Waals surface area contributed by atoms with Crippen LogP contribution in [0, 0.1) is 12.8 Å². The zero-order valence-corrected chi connectivity index (χ0v) is 13.4. The molecule has 0 aliphatic heterocycles. The Morgan fingerprint density at radius 1 is 1.36 bits per heavy atom. The third-order valence-electron chi connectivity index (χ3n) is 2.98. The van der Waals surface area contributed by atoms with Gasteiger partial charge in [-0.2, -0.15) is 4.98 Å². The molecule has 1 aromatic heterocycles. The molecule has 0 radical (unpaired) electrons. The molecule has 0 aliphatic rings. The summed E-state index contributed by atoms with van der Waals surface area (Å²) in [4.78, 5) is 16.2. The second-order valence-electron chi connectivity index (χ2n) is 5.21. The first-order valence-corrected chi connectivity index (χ1v) is 7.31. The van der Waals surface area contributed by atoms with Crippen molar-refractivity contribution in [3.05, 3.63) is 41.0 Å². The number of ether oxygens (including phenoxy) is 1. The summed E-state index contributed by atoms with van der Waals surface area (Å²) in [6.45, 7) is 5.56. The number of carbonyl (C=O) groups excluding carboxylic acids is 1. The van der Waals surface area contributed by atoms with Crippen molar-refractivity contribution in [3.8, 4) is 5.75 Å². The van der Waals surface area contributed by atoms with Gasteiger partial charge in [-0.1, -0.05) is 30.6 Å². The van der Waals surface area contributed by atoms with Gasteiger partial charge in [0.2, 0.25) is 5.89 Å². The summed E-state index contributed by atoms with van der Waals surface area (Å²) in [7, 11) is 0. The van der Waals surface area contributed by atoms with Crippen molar-refractivity contribution >= 4 is 17.5 Å². The zero-order chi connectivity index (χ0) is 16.1. The highest BCUT2D eigenvalue weighted by Gasteiger charge is 2.24. The molecule has 1 heterocycles. The van der Waals surface area contributed by atoms with Crippen molar-refractivity contribution in [1.29, 1.82) is 0 Å². The molecule has 1 atom stereocenters. The third kappa shape index (κ3) is 4.46. The van der Waals surface area contributed by atoms with Crippen LogP contribution in [0.4, 0.5) is 0 Å². The lowest BCUT2D eigenvalue weighted by Crippen LogP contribution is -2.35. The van der Waals surface area contributed by atoms with Gasteiger partial charge >= 0.3 is 0 Å². The van der Waals surface area contributed by atoms with Crippen molar-refractivity contribution in [2.45, 2.75) is 26.8 Å². The number of benzene rings is 1. The molecule has 1 N–H and O–H groups in total. The minimum atomic E-state index is -0.345. The average molecular weight is 324 g/mol. The lowest BCUT2D eigenvalue weighted by molar-refractivity contribution is -0.124. The number of halogens is 1. The monoisotopic (exact) mass is 323 g/mol. The largest absolute Gasteiger partial charge is 0.484 e. The molecule has 7 heteroatoms. The van der Waals surface area contributed by atoms with E-state index in [-0.39, 0.29) is 24.5 Å². The van der Waals surface area contributed by atoms with Gasteiger partial charge < -0.3 is 14.6 Å². The Bertz CT molecular complexity index is 625. The van der Waals surface area contributed by atoms with Crippen LogP contribution in [0.5, 0.6) is 5.75 Å². The second-order valence-corrected chi connectivity index (χ2v) is 5.65. The van der Waals surface area contributed by atoms with Gasteiger partial charge in [0.25, 0.3) is 5.91 Å². The third-order valence-corrected chi connectivity index (χ3v) is 3.23. The lowest BCUT2D eigenvalue weighted by Gasteiger charge is -2.18. The van der Waals surface area contributed by atoms with Crippen LogP contribution in [0.25, 0.3) is 0 Å². The van der Waals surface area contributed by atoms with Crippen LogP contribution in [0.1, 0.15) is 31.6 Å². The molecule has 2 aromatic rings. The minimum absolute atomic E-state index is 0.0992. The van der Waals surface area contributed by atoms with E-state index in [1.165, 1.54) is 0 Å². The molecule has 0 saturated carbocycles. The highest BCUT2D eigenvalue weighted by atomic mass is 35.5. The van der Waals surface area contributed by atoms with Crippen LogP contribution in [-0.2, 0) is 4.79 Å². The van der Waals surface area contributed by atoms with Crippen LogP contribution >= 0.6 is 11.6 Å². The zero-order valence-electron chi connectivity index (χ0n) is 12.7. The van der Waals surface area contributed by atoms with Gasteiger partial charge in [-0.25, -0.2) is 0 Å². The van der Waals surface area contributed by atoms with Crippen molar-refractivity contribution in [1.82, 2.24) is 15.5 Å². The molecular weight excluding hydrogens is 306 g/mol. The van der Waals surface area contributed by atoms with Crippen molar-refractivity contribution < 1.29 is 14.1 Å². The van der Waals surface area contributed by atoms with Crippen molar-refractivity contribution in [3.63, 3.8) is 0 Å². The number of hydrogen-bond acceptors (Lipinski definition) is 5. The van der Waals surface area contributed by atoms with Gasteiger partial charge in [0.05, 0.1) is 0 Å². The summed E-state index contributed by atoms with van der Waals surface area (Å²) >= 11 is 5.79. The molecule has 6 nitrogen and oxygen atoms in total. The smallest absolute Gasteiger partial charge is 0.258 e. The molecule has 0 fully saturated rings. The number of rotatable bonds is 6. The van der Waals surface area contributed by atoms with Crippen LogP contribution in [0.3, 0.4) is 0 Å². The van der Waals surface area contributed by atoms with E-state index in [9.17, 15) is 4.79 Å². The Morgan fingerprint density at radius 3 is 2.59 bits per heavy atom. The van der Waals surface area contributed by atoms with E-state index in [4.69, 9.17) is 20.9 Å². The first-order chi connectivity index (χ1) is 10.5. The SMILES string of the molecule is Cc1noc(C(NC(=O)COc2ccc(Cl)cc2)C(C)C)n1. The Morgan fingerprint density at radius 2 is 2.05 bits per heavy atom. The number of aryl methyl sites for hydroxylation is 1. The predicted octanol–water partition coefficient (Wildman–Crippen LogP) is 2.92. The Kier molecular flexibility index (Phi) is 5.38. The second kappa shape index (κ2) is 7.26. The fourth-order valence-corrected chi connectivity index (χ4v) is 1.97. The summed E-state index contributed by atoms with van der Waals surface area (Å²) in [6, 6.07) is 6.47. The molecule has 0 bridgehead atoms. The molecule has 22 heavy (non-hydrogen) atoms. The molecular formula is C15H18ClN3O3. The van der Waals surface area contributed by atoms with Crippen LogP contribution in [-0.4, -0.2) is 22.7 Å². The molecule has 0 spiro atoms. The summed E-state index contributed by atoms with van der Waals surface area (Å²) < 4.78 is 10.5. The molecule has 0 aliphatic carbocycles. The Labute approximate surface area is 133 Å². The summed E-state index contributed by atoms with van der Waals surface area (Å²) in [5.41, 5.74) is 0. The maximum absolute atomic E-state index is 12.0. The number of nitrogens with one attached hydrogen (secondary N) is 1. The lowest BCUT2D eigenvalue weighted by atomic mass is 10.0. The molecule has 1 unspecified atom stereocenters. The highest BCUT2D eigenvalue weighted by Crippen LogP contribution is 2.20. The van der Waals surface area contributed by atoms with E-state index in [0.717, 1.165) is 0 Å². The first kappa shape index (κ1) is 16.3. The van der Waals surface area contributed by atoms with E-state index in [0.29, 0.717) is 22.5 Å². The van der Waals surface area contributed by atoms with E-state index in [1.54, 1.807) is 31.2 Å². The van der Waals surface area contributed by atoms with Crippen LogP contribution in [0.15, 0.2) is 28.8 Å². The summed E-state index contributed by atoms with van der Waals surface area (Å²) in [5, 5.41) is 7.20. The molecule has 1 aromatic carbocycles. The van der Waals surface area contributed by atoms with E-state index < -0.39 is 0 Å². The molecule has 1 amide bonds.